The molecule has 4 rings (SSSR count). The lowest BCUT2D eigenvalue weighted by molar-refractivity contribution is -0.135. The second-order valence-corrected chi connectivity index (χ2v) is 13.3. The number of hydrogen-bond acceptors (Lipinski definition) is 6. The first-order chi connectivity index (χ1) is 23.2. The van der Waals surface area contributed by atoms with Crippen molar-refractivity contribution in [1.82, 2.24) is 20.9 Å². The predicted molar refractivity (Wildman–Crippen MR) is 188 cm³/mol. The summed E-state index contributed by atoms with van der Waals surface area (Å²) < 4.78 is 0. The topological polar surface area (TPSA) is 214 Å². The van der Waals surface area contributed by atoms with Crippen LogP contribution in [-0.2, 0) is 27.3 Å². The zero-order chi connectivity index (χ0) is 34.3. The van der Waals surface area contributed by atoms with E-state index in [0.29, 0.717) is 31.4 Å². The second-order valence-electron chi connectivity index (χ2n) is 13.3. The Hall–Kier alpha value is -4.48. The molecule has 12 nitrogen and oxygen atoms in total. The normalized spacial score (nSPS) is 17.3. The third-order valence-electron chi connectivity index (χ3n) is 9.75. The first-order valence-electron chi connectivity index (χ1n) is 17.5. The number of rotatable bonds is 16. The van der Waals surface area contributed by atoms with Gasteiger partial charge in [0.1, 0.15) is 17.9 Å². The van der Waals surface area contributed by atoms with Crippen LogP contribution in [0.15, 0.2) is 53.8 Å². The van der Waals surface area contributed by atoms with Gasteiger partial charge in [-0.25, -0.2) is 0 Å². The van der Waals surface area contributed by atoms with Crippen LogP contribution in [0.3, 0.4) is 0 Å². The lowest BCUT2D eigenvalue weighted by Gasteiger charge is -2.34. The zero-order valence-electron chi connectivity index (χ0n) is 28.0. The zero-order valence-corrected chi connectivity index (χ0v) is 28.0. The Morgan fingerprint density at radius 1 is 0.833 bits per heavy atom. The highest BCUT2D eigenvalue weighted by Crippen LogP contribution is 2.33. The molecule has 260 valence electrons. The summed E-state index contributed by atoms with van der Waals surface area (Å²) >= 11 is 0. The molecule has 3 atom stereocenters. The van der Waals surface area contributed by atoms with E-state index >= 15 is 0 Å². The summed E-state index contributed by atoms with van der Waals surface area (Å²) in [4.78, 5) is 50.0. The number of aliphatic imine (C=N–C) groups is 1. The molecule has 2 aliphatic carbocycles. The van der Waals surface area contributed by atoms with Crippen molar-refractivity contribution in [2.24, 2.45) is 39.9 Å². The van der Waals surface area contributed by atoms with E-state index in [1.807, 2.05) is 30.3 Å². The summed E-state index contributed by atoms with van der Waals surface area (Å²) in [5.74, 6) is -0.914. The van der Waals surface area contributed by atoms with Gasteiger partial charge in [-0.2, -0.15) is 0 Å². The highest BCUT2D eigenvalue weighted by molar-refractivity contribution is 5.95. The summed E-state index contributed by atoms with van der Waals surface area (Å²) in [6, 6.07) is 9.58. The Kier molecular flexibility index (Phi) is 14.2. The molecule has 0 saturated heterocycles. The van der Waals surface area contributed by atoms with Crippen molar-refractivity contribution in [3.8, 4) is 0 Å². The van der Waals surface area contributed by atoms with E-state index in [2.05, 4.69) is 25.9 Å². The minimum atomic E-state index is -0.833. The van der Waals surface area contributed by atoms with E-state index in [0.717, 1.165) is 68.9 Å². The van der Waals surface area contributed by atoms with Crippen LogP contribution in [0.5, 0.6) is 0 Å². The predicted octanol–water partition coefficient (Wildman–Crippen LogP) is 3.02. The Morgan fingerprint density at radius 3 is 2.10 bits per heavy atom. The third-order valence-corrected chi connectivity index (χ3v) is 9.75. The van der Waals surface area contributed by atoms with E-state index in [9.17, 15) is 14.4 Å². The van der Waals surface area contributed by atoms with Crippen molar-refractivity contribution in [3.05, 3.63) is 65.5 Å². The number of nitrogens with zero attached hydrogens (tertiary/aromatic N) is 2. The van der Waals surface area contributed by atoms with E-state index in [1.165, 1.54) is 6.42 Å². The van der Waals surface area contributed by atoms with Gasteiger partial charge in [-0.15, -0.1) is 0 Å². The minimum absolute atomic E-state index is 0.00441. The SMILES string of the molecule is N=C(N)c1ccc(CC(C(=O)NC(C(=O)N[C@@H](CCCN=C(N)N)C(=O)NCc2cccnc2)C2CCCCC2)C2CCCCC2)cc1. The number of nitrogens with one attached hydrogen (secondary N) is 4. The Labute approximate surface area is 284 Å². The van der Waals surface area contributed by atoms with Crippen molar-refractivity contribution in [2.45, 2.75) is 102 Å². The molecule has 48 heavy (non-hydrogen) atoms. The van der Waals surface area contributed by atoms with Crippen molar-refractivity contribution < 1.29 is 14.4 Å². The quantitative estimate of drug-likeness (QED) is 0.0812. The number of amidine groups is 1. The number of carbonyl (C=O) groups excluding carboxylic acids is 3. The summed E-state index contributed by atoms with van der Waals surface area (Å²) in [7, 11) is 0. The van der Waals surface area contributed by atoms with Gasteiger partial charge >= 0.3 is 0 Å². The monoisotopic (exact) mass is 659 g/mol. The van der Waals surface area contributed by atoms with Gasteiger partial charge in [-0.1, -0.05) is 68.9 Å². The number of benzene rings is 1. The molecule has 3 amide bonds. The number of guanidine groups is 1. The number of aromatic nitrogens is 1. The molecule has 0 spiro atoms. The average molecular weight is 660 g/mol. The molecule has 2 unspecified atom stereocenters. The molecule has 1 heterocycles. The molecule has 0 aliphatic heterocycles. The number of nitrogen functional groups attached to an aromatic ring is 1. The van der Waals surface area contributed by atoms with Gasteiger partial charge in [0, 0.05) is 37.0 Å². The molecule has 2 aromatic rings. The van der Waals surface area contributed by atoms with E-state index in [1.54, 1.807) is 18.5 Å². The highest BCUT2D eigenvalue weighted by Gasteiger charge is 2.37. The van der Waals surface area contributed by atoms with Crippen molar-refractivity contribution >= 4 is 29.5 Å². The van der Waals surface area contributed by atoms with Crippen LogP contribution in [0.1, 0.15) is 93.7 Å². The molecule has 2 saturated carbocycles. The molecule has 0 bridgehead atoms. The molecular formula is C36H53N9O3. The number of amides is 3. The Bertz CT molecular complexity index is 1370. The fourth-order valence-corrected chi connectivity index (χ4v) is 7.06. The summed E-state index contributed by atoms with van der Waals surface area (Å²) in [5.41, 5.74) is 19.1. The first-order valence-corrected chi connectivity index (χ1v) is 17.5. The third kappa shape index (κ3) is 11.3. The van der Waals surface area contributed by atoms with Gasteiger partial charge in [0.05, 0.1) is 0 Å². The van der Waals surface area contributed by atoms with Gasteiger partial charge in [0.2, 0.25) is 17.7 Å². The van der Waals surface area contributed by atoms with E-state index in [-0.39, 0.29) is 53.8 Å². The van der Waals surface area contributed by atoms with Crippen molar-refractivity contribution in [1.29, 1.82) is 5.41 Å². The van der Waals surface area contributed by atoms with Crippen molar-refractivity contribution in [3.63, 3.8) is 0 Å². The standard InChI is InChI=1S/C36H53N9O3/c37-32(38)28-17-15-24(16-18-28)21-29(26-10-3-1-4-11-26)33(46)45-31(27-12-5-2-6-13-27)35(48)44-30(14-8-20-42-36(39)40)34(47)43-23-25-9-7-19-41-22-25/h7,9,15-19,22,26-27,29-31H,1-6,8,10-14,20-21,23H2,(H3,37,38)(H,43,47)(H,44,48)(H,45,46)(H4,39,40,42)/t29?,30-,31?/m0/s1. The van der Waals surface area contributed by atoms with Gasteiger partial charge in [-0.3, -0.25) is 29.8 Å². The van der Waals surface area contributed by atoms with Crippen LogP contribution < -0.4 is 33.2 Å². The Morgan fingerprint density at radius 2 is 1.50 bits per heavy atom. The Balaban J connectivity index is 1.52. The van der Waals surface area contributed by atoms with Crippen LogP contribution in [0.25, 0.3) is 0 Å². The van der Waals surface area contributed by atoms with Gasteiger partial charge < -0.3 is 33.2 Å². The smallest absolute Gasteiger partial charge is 0.243 e. The molecule has 2 fully saturated rings. The maximum absolute atomic E-state index is 14.3. The molecule has 12 heteroatoms. The van der Waals surface area contributed by atoms with Crippen LogP contribution >= 0.6 is 0 Å². The fourth-order valence-electron chi connectivity index (χ4n) is 7.06. The maximum Gasteiger partial charge on any atom is 0.243 e. The average Bonchev–Trinajstić information content (AvgIpc) is 3.10. The molecule has 1 aromatic heterocycles. The largest absolute Gasteiger partial charge is 0.384 e. The maximum atomic E-state index is 14.3. The molecule has 0 radical (unpaired) electrons. The van der Waals surface area contributed by atoms with Gasteiger partial charge in [0.25, 0.3) is 0 Å². The lowest BCUT2D eigenvalue weighted by Crippen LogP contribution is -2.57. The van der Waals surface area contributed by atoms with E-state index < -0.39 is 12.1 Å². The number of carbonyl (C=O) groups is 3. The number of nitrogens with two attached hydrogens (primary N) is 3. The number of pyridine rings is 1. The van der Waals surface area contributed by atoms with Gasteiger partial charge in [0.15, 0.2) is 5.96 Å². The summed E-state index contributed by atoms with van der Waals surface area (Å²) in [6.45, 7) is 0.593. The lowest BCUT2D eigenvalue weighted by atomic mass is 9.76. The minimum Gasteiger partial charge on any atom is -0.384 e. The fraction of sp³-hybridized carbons (Fsp3) is 0.556. The van der Waals surface area contributed by atoms with Crippen LogP contribution in [0.2, 0.25) is 0 Å². The highest BCUT2D eigenvalue weighted by atomic mass is 16.2. The number of hydrogen-bond donors (Lipinski definition) is 7. The van der Waals surface area contributed by atoms with E-state index in [4.69, 9.17) is 22.6 Å². The summed E-state index contributed by atoms with van der Waals surface area (Å²) in [6.07, 6.45) is 14.7. The second kappa shape index (κ2) is 18.8. The van der Waals surface area contributed by atoms with Crippen LogP contribution in [0, 0.1) is 23.2 Å². The summed E-state index contributed by atoms with van der Waals surface area (Å²) in [5, 5.41) is 16.9. The first kappa shape index (κ1) is 36.4. The van der Waals surface area contributed by atoms with Crippen molar-refractivity contribution in [2.75, 3.05) is 6.54 Å². The molecule has 10 N–H and O–H groups in total. The molecular weight excluding hydrogens is 606 g/mol. The van der Waals surface area contributed by atoms with Crippen LogP contribution in [0.4, 0.5) is 0 Å². The van der Waals surface area contributed by atoms with Gasteiger partial charge in [-0.05, 0) is 74.0 Å². The molecule has 2 aliphatic rings. The molecule has 1 aromatic carbocycles. The van der Waals surface area contributed by atoms with Crippen LogP contribution in [-0.4, -0.2) is 53.1 Å².